The number of hydrogen-bond donors (Lipinski definition) is 1. The second kappa shape index (κ2) is 10.3. The van der Waals surface area contributed by atoms with Gasteiger partial charge in [-0.1, -0.05) is 42.5 Å². The summed E-state index contributed by atoms with van der Waals surface area (Å²) < 4.78 is 5.26. The van der Waals surface area contributed by atoms with E-state index in [1.54, 1.807) is 4.90 Å². The highest BCUT2D eigenvalue weighted by Gasteiger charge is 2.27. The Labute approximate surface area is 185 Å². The van der Waals surface area contributed by atoms with Crippen LogP contribution in [0.25, 0.3) is 0 Å². The van der Waals surface area contributed by atoms with Crippen LogP contribution in [0.3, 0.4) is 0 Å². The van der Waals surface area contributed by atoms with Gasteiger partial charge in [0.1, 0.15) is 5.60 Å². The summed E-state index contributed by atoms with van der Waals surface area (Å²) >= 11 is 0. The first-order valence-electron chi connectivity index (χ1n) is 10.8. The standard InChI is InChI=1S/C25H32N3O3/c1-25(2,3)31-24(30)26-14-13-20-9-11-22(12-10-20)27-15-16-28(19-29)23(18-27)17-21-7-5-4-6-8-21/h4-12,23H,13-18H2,1-3H3,(H,26,30). The van der Waals surface area contributed by atoms with Gasteiger partial charge in [0.25, 0.3) is 0 Å². The zero-order valence-corrected chi connectivity index (χ0v) is 18.6. The zero-order valence-electron chi connectivity index (χ0n) is 18.6. The van der Waals surface area contributed by atoms with Crippen LogP contribution in [0.2, 0.25) is 0 Å². The Morgan fingerprint density at radius 1 is 1.06 bits per heavy atom. The Bertz CT molecular complexity index is 847. The molecule has 6 heteroatoms. The minimum absolute atomic E-state index is 0.103. The number of piperazine rings is 1. The lowest BCUT2D eigenvalue weighted by Gasteiger charge is -2.40. The van der Waals surface area contributed by atoms with Crippen molar-refractivity contribution in [2.45, 2.75) is 45.3 Å². The molecule has 3 rings (SSSR count). The van der Waals surface area contributed by atoms with E-state index in [4.69, 9.17) is 4.74 Å². The molecule has 1 radical (unpaired) electrons. The number of nitrogens with one attached hydrogen (secondary N) is 1. The van der Waals surface area contributed by atoms with Gasteiger partial charge >= 0.3 is 12.5 Å². The van der Waals surface area contributed by atoms with Crippen LogP contribution in [0.1, 0.15) is 31.9 Å². The predicted molar refractivity (Wildman–Crippen MR) is 123 cm³/mol. The summed E-state index contributed by atoms with van der Waals surface area (Å²) in [6, 6.07) is 18.8. The number of carbonyl (C=O) groups is 1. The van der Waals surface area contributed by atoms with Crippen molar-refractivity contribution in [3.63, 3.8) is 0 Å². The summed E-state index contributed by atoms with van der Waals surface area (Å²) in [5, 5.41) is 2.79. The number of ether oxygens (including phenoxy) is 1. The lowest BCUT2D eigenvalue weighted by atomic mass is 10.0. The molecule has 1 N–H and O–H groups in total. The van der Waals surface area contributed by atoms with E-state index < -0.39 is 11.7 Å². The molecule has 165 valence electrons. The van der Waals surface area contributed by atoms with Gasteiger partial charge in [-0.05, 0) is 56.9 Å². The average molecular weight is 423 g/mol. The number of benzene rings is 2. The topological polar surface area (TPSA) is 61.9 Å². The van der Waals surface area contributed by atoms with Crippen molar-refractivity contribution in [2.75, 3.05) is 31.1 Å². The fourth-order valence-electron chi connectivity index (χ4n) is 3.77. The van der Waals surface area contributed by atoms with Crippen molar-refractivity contribution in [3.05, 3.63) is 65.7 Å². The summed E-state index contributed by atoms with van der Waals surface area (Å²) in [5.41, 5.74) is 3.03. The van der Waals surface area contributed by atoms with E-state index in [-0.39, 0.29) is 6.04 Å². The Balaban J connectivity index is 1.54. The van der Waals surface area contributed by atoms with E-state index in [1.807, 2.05) is 39.0 Å². The monoisotopic (exact) mass is 422 g/mol. The SMILES string of the molecule is CC(C)(C)OC(=O)NCCc1ccc(N2CCN([C]=O)C(Cc3ccccc3)C2)cc1. The van der Waals surface area contributed by atoms with Gasteiger partial charge in [-0.15, -0.1) is 0 Å². The van der Waals surface area contributed by atoms with E-state index in [0.717, 1.165) is 37.2 Å². The molecule has 0 aliphatic carbocycles. The third-order valence-corrected chi connectivity index (χ3v) is 5.30. The third kappa shape index (κ3) is 7.02. The van der Waals surface area contributed by atoms with Crippen LogP contribution in [0.5, 0.6) is 0 Å². The minimum Gasteiger partial charge on any atom is -0.444 e. The van der Waals surface area contributed by atoms with Crippen molar-refractivity contribution in [3.8, 4) is 0 Å². The third-order valence-electron chi connectivity index (χ3n) is 5.30. The van der Waals surface area contributed by atoms with Gasteiger partial charge < -0.3 is 19.9 Å². The van der Waals surface area contributed by atoms with Gasteiger partial charge in [-0.2, -0.15) is 0 Å². The Morgan fingerprint density at radius 3 is 2.42 bits per heavy atom. The van der Waals surface area contributed by atoms with Crippen LogP contribution in [0, 0.1) is 0 Å². The van der Waals surface area contributed by atoms with E-state index in [0.29, 0.717) is 13.1 Å². The largest absolute Gasteiger partial charge is 0.444 e. The number of alkyl carbamates (subject to hydrolysis) is 1. The molecule has 1 aliphatic heterocycles. The summed E-state index contributed by atoms with van der Waals surface area (Å²) in [6.07, 6.45) is 3.28. The lowest BCUT2D eigenvalue weighted by Crippen LogP contribution is -2.53. The Morgan fingerprint density at radius 2 is 1.77 bits per heavy atom. The maximum absolute atomic E-state index is 11.8. The van der Waals surface area contributed by atoms with Crippen LogP contribution in [0.15, 0.2) is 54.6 Å². The highest BCUT2D eigenvalue weighted by atomic mass is 16.6. The molecular weight excluding hydrogens is 390 g/mol. The Kier molecular flexibility index (Phi) is 7.55. The van der Waals surface area contributed by atoms with Gasteiger partial charge in [0, 0.05) is 31.9 Å². The summed E-state index contributed by atoms with van der Waals surface area (Å²) in [7, 11) is 0. The molecule has 1 unspecified atom stereocenters. The molecule has 1 aliphatic rings. The van der Waals surface area contributed by atoms with Crippen LogP contribution < -0.4 is 10.2 Å². The van der Waals surface area contributed by atoms with Gasteiger partial charge in [0.2, 0.25) is 0 Å². The Hall–Kier alpha value is -3.02. The molecule has 2 amide bonds. The molecule has 1 heterocycles. The molecule has 1 fully saturated rings. The van der Waals surface area contributed by atoms with Crippen LogP contribution >= 0.6 is 0 Å². The first-order valence-corrected chi connectivity index (χ1v) is 10.8. The van der Waals surface area contributed by atoms with Crippen molar-refractivity contribution in [2.24, 2.45) is 0 Å². The molecule has 0 bridgehead atoms. The van der Waals surface area contributed by atoms with Gasteiger partial charge in [0.15, 0.2) is 0 Å². The number of carbonyl (C=O) groups excluding carboxylic acids is 2. The van der Waals surface area contributed by atoms with Crippen LogP contribution in [-0.4, -0.2) is 55.2 Å². The first kappa shape index (κ1) is 22.7. The van der Waals surface area contributed by atoms with Gasteiger partial charge in [-0.25, -0.2) is 4.79 Å². The molecule has 1 saturated heterocycles. The summed E-state index contributed by atoms with van der Waals surface area (Å²) in [4.78, 5) is 27.3. The minimum atomic E-state index is -0.490. The van der Waals surface area contributed by atoms with Crippen LogP contribution in [-0.2, 0) is 22.4 Å². The number of anilines is 1. The maximum Gasteiger partial charge on any atom is 0.407 e. The molecule has 0 saturated carbocycles. The van der Waals surface area contributed by atoms with Gasteiger partial charge in [-0.3, -0.25) is 4.79 Å². The van der Waals surface area contributed by atoms with Gasteiger partial charge in [0.05, 0.1) is 6.04 Å². The number of rotatable bonds is 7. The van der Waals surface area contributed by atoms with E-state index in [9.17, 15) is 9.59 Å². The lowest BCUT2D eigenvalue weighted by molar-refractivity contribution is 0.0528. The quantitative estimate of drug-likeness (QED) is 0.741. The molecule has 31 heavy (non-hydrogen) atoms. The smallest absolute Gasteiger partial charge is 0.407 e. The summed E-state index contributed by atoms with van der Waals surface area (Å²) in [6.45, 7) is 8.32. The fraction of sp³-hybridized carbons (Fsp3) is 0.440. The van der Waals surface area contributed by atoms with E-state index in [2.05, 4.69) is 53.0 Å². The molecule has 0 aromatic heterocycles. The molecular formula is C25H32N3O3. The second-order valence-corrected chi connectivity index (χ2v) is 8.92. The highest BCUT2D eigenvalue weighted by Crippen LogP contribution is 2.21. The molecule has 6 nitrogen and oxygen atoms in total. The van der Waals surface area contributed by atoms with Crippen molar-refractivity contribution in [1.82, 2.24) is 10.2 Å². The van der Waals surface area contributed by atoms with E-state index in [1.165, 1.54) is 5.56 Å². The number of hydrogen-bond acceptors (Lipinski definition) is 4. The number of amides is 2. The zero-order chi connectivity index (χ0) is 22.3. The van der Waals surface area contributed by atoms with Crippen molar-refractivity contribution in [1.29, 1.82) is 0 Å². The van der Waals surface area contributed by atoms with Crippen LogP contribution in [0.4, 0.5) is 10.5 Å². The molecule has 0 spiro atoms. The normalized spacial score (nSPS) is 16.7. The maximum atomic E-state index is 11.8. The number of nitrogens with zero attached hydrogens (tertiary/aromatic N) is 2. The molecule has 2 aromatic rings. The molecule has 1 atom stereocenters. The van der Waals surface area contributed by atoms with Crippen molar-refractivity contribution >= 4 is 18.2 Å². The first-order chi connectivity index (χ1) is 14.8. The van der Waals surface area contributed by atoms with E-state index >= 15 is 0 Å². The average Bonchev–Trinajstić information content (AvgIpc) is 2.74. The second-order valence-electron chi connectivity index (χ2n) is 8.92. The van der Waals surface area contributed by atoms with Crippen molar-refractivity contribution < 1.29 is 14.3 Å². The molecule has 2 aromatic carbocycles. The highest BCUT2D eigenvalue weighted by molar-refractivity contribution is 5.67. The predicted octanol–water partition coefficient (Wildman–Crippen LogP) is 3.55. The summed E-state index contributed by atoms with van der Waals surface area (Å²) in [5.74, 6) is 0. The fourth-order valence-corrected chi connectivity index (χ4v) is 3.77.